The maximum absolute atomic E-state index is 10.6. The summed E-state index contributed by atoms with van der Waals surface area (Å²) in [5.74, 6) is -2.76. The van der Waals surface area contributed by atoms with Gasteiger partial charge in [0.1, 0.15) is 0 Å². The summed E-state index contributed by atoms with van der Waals surface area (Å²) >= 11 is 1.86. The van der Waals surface area contributed by atoms with Gasteiger partial charge in [-0.25, -0.2) is 4.79 Å². The minimum atomic E-state index is -5.08. The molecular weight excluding hydrogens is 371 g/mol. The number of thiophene rings is 1. The number of carboxylic acid groups (broad SMARTS) is 1. The molecule has 3 heterocycles. The Labute approximate surface area is 154 Å². The molecule has 2 fully saturated rings. The van der Waals surface area contributed by atoms with Gasteiger partial charge < -0.3 is 14.6 Å². The third-order valence-electron chi connectivity index (χ3n) is 4.44. The van der Waals surface area contributed by atoms with Crippen molar-refractivity contribution in [2.75, 3.05) is 19.8 Å². The van der Waals surface area contributed by atoms with E-state index >= 15 is 0 Å². The molecule has 0 bridgehead atoms. The smallest absolute Gasteiger partial charge is 0.475 e. The number of carbonyl (C=O) groups is 1. The van der Waals surface area contributed by atoms with Crippen molar-refractivity contribution in [1.29, 1.82) is 0 Å². The summed E-state index contributed by atoms with van der Waals surface area (Å²) in [5, 5.41) is 9.29. The fourth-order valence-electron chi connectivity index (χ4n) is 3.26. The highest BCUT2D eigenvalue weighted by Gasteiger charge is 2.40. The minimum absolute atomic E-state index is 0.322. The number of halogens is 3. The summed E-state index contributed by atoms with van der Waals surface area (Å²) in [4.78, 5) is 13.0. The van der Waals surface area contributed by atoms with Crippen LogP contribution in [-0.2, 0) is 20.8 Å². The molecule has 3 atom stereocenters. The number of likely N-dealkylation sites (tertiary alicyclic amines) is 1. The first-order chi connectivity index (χ1) is 12.3. The Hall–Kier alpha value is -1.16. The van der Waals surface area contributed by atoms with Gasteiger partial charge in [0.25, 0.3) is 0 Å². The first kappa shape index (κ1) is 21.1. The Bertz CT molecular complexity index is 553. The van der Waals surface area contributed by atoms with Crippen molar-refractivity contribution in [2.24, 2.45) is 0 Å². The molecule has 148 valence electrons. The molecule has 9 heteroatoms. The third-order valence-corrected chi connectivity index (χ3v) is 5.30. The lowest BCUT2D eigenvalue weighted by molar-refractivity contribution is -0.192. The van der Waals surface area contributed by atoms with Gasteiger partial charge in [0, 0.05) is 30.6 Å². The van der Waals surface area contributed by atoms with Gasteiger partial charge in [-0.3, -0.25) is 4.90 Å². The lowest BCUT2D eigenvalue weighted by Crippen LogP contribution is -2.43. The molecule has 0 aromatic carbocycles. The second-order valence-electron chi connectivity index (χ2n) is 6.24. The average molecular weight is 395 g/mol. The number of fused-ring (bicyclic) bond motifs is 1. The van der Waals surface area contributed by atoms with Crippen molar-refractivity contribution in [2.45, 2.75) is 57.2 Å². The Kier molecular flexibility index (Phi) is 7.87. The molecule has 1 N–H and O–H groups in total. The second kappa shape index (κ2) is 9.68. The van der Waals surface area contributed by atoms with Crippen LogP contribution in [0.25, 0.3) is 0 Å². The van der Waals surface area contributed by atoms with Crippen LogP contribution in [0, 0.1) is 0 Å². The maximum Gasteiger partial charge on any atom is 0.490 e. The van der Waals surface area contributed by atoms with Gasteiger partial charge in [-0.1, -0.05) is 6.07 Å². The Morgan fingerprint density at radius 3 is 2.73 bits per heavy atom. The fraction of sp³-hybridized carbons (Fsp3) is 0.706. The van der Waals surface area contributed by atoms with E-state index in [1.54, 1.807) is 0 Å². The number of rotatable bonds is 5. The van der Waals surface area contributed by atoms with Gasteiger partial charge in [0.05, 0.1) is 18.8 Å². The van der Waals surface area contributed by atoms with Crippen LogP contribution in [0.1, 0.15) is 31.1 Å². The number of hydrogen-bond acceptors (Lipinski definition) is 5. The summed E-state index contributed by atoms with van der Waals surface area (Å²) in [5.41, 5.74) is 0. The Morgan fingerprint density at radius 1 is 1.42 bits per heavy atom. The van der Waals surface area contributed by atoms with E-state index in [1.165, 1.54) is 24.3 Å². The number of hydrogen-bond donors (Lipinski definition) is 1. The predicted octanol–water partition coefficient (Wildman–Crippen LogP) is 3.54. The summed E-state index contributed by atoms with van der Waals surface area (Å²) in [7, 11) is 0. The van der Waals surface area contributed by atoms with Gasteiger partial charge in [-0.15, -0.1) is 11.3 Å². The van der Waals surface area contributed by atoms with E-state index in [-0.39, 0.29) is 0 Å². The molecule has 0 aliphatic carbocycles. The number of ether oxygens (including phenoxy) is 2. The van der Waals surface area contributed by atoms with Crippen LogP contribution in [-0.4, -0.2) is 60.2 Å². The average Bonchev–Trinajstić information content (AvgIpc) is 3.23. The van der Waals surface area contributed by atoms with Crippen molar-refractivity contribution in [3.63, 3.8) is 0 Å². The zero-order chi connectivity index (χ0) is 19.2. The van der Waals surface area contributed by atoms with E-state index in [4.69, 9.17) is 19.4 Å². The van der Waals surface area contributed by atoms with Crippen LogP contribution in [0.5, 0.6) is 0 Å². The predicted molar refractivity (Wildman–Crippen MR) is 91.2 cm³/mol. The monoisotopic (exact) mass is 395 g/mol. The normalized spacial score (nSPS) is 26.1. The summed E-state index contributed by atoms with van der Waals surface area (Å²) in [6, 6.07) is 5.00. The van der Waals surface area contributed by atoms with Gasteiger partial charge in [0.15, 0.2) is 0 Å². The largest absolute Gasteiger partial charge is 0.490 e. The highest BCUT2D eigenvalue weighted by atomic mass is 32.1. The lowest BCUT2D eigenvalue weighted by Gasteiger charge is -2.35. The molecule has 1 aromatic rings. The fourth-order valence-corrected chi connectivity index (χ4v) is 3.99. The molecule has 0 radical (unpaired) electrons. The molecule has 3 rings (SSSR count). The van der Waals surface area contributed by atoms with Crippen LogP contribution >= 0.6 is 11.3 Å². The van der Waals surface area contributed by atoms with Crippen molar-refractivity contribution in [1.82, 2.24) is 4.90 Å². The molecular formula is C17H24F3NO4S. The molecule has 26 heavy (non-hydrogen) atoms. The molecule has 2 aliphatic rings. The molecule has 2 saturated heterocycles. The molecule has 1 aromatic heterocycles. The number of nitrogens with zero attached hydrogens (tertiary/aromatic N) is 1. The SMILES string of the molecule is CCOC[C@H]1CC[C@H]2[C@H](CCN2Cc2cccs2)O1.O=C(O)C(F)(F)F. The number of carboxylic acids is 1. The highest BCUT2D eigenvalue weighted by molar-refractivity contribution is 7.09. The van der Waals surface area contributed by atoms with E-state index in [2.05, 4.69) is 22.4 Å². The molecule has 0 saturated carbocycles. The van der Waals surface area contributed by atoms with Crippen LogP contribution in [0.4, 0.5) is 13.2 Å². The summed E-state index contributed by atoms with van der Waals surface area (Å²) in [6.45, 7) is 5.87. The Morgan fingerprint density at radius 2 is 2.15 bits per heavy atom. The van der Waals surface area contributed by atoms with Gasteiger partial charge >= 0.3 is 12.1 Å². The van der Waals surface area contributed by atoms with Crippen LogP contribution < -0.4 is 0 Å². The van der Waals surface area contributed by atoms with E-state index in [0.717, 1.165) is 26.2 Å². The van der Waals surface area contributed by atoms with Crippen molar-refractivity contribution < 1.29 is 32.5 Å². The molecule has 2 aliphatic heterocycles. The maximum atomic E-state index is 10.6. The van der Waals surface area contributed by atoms with Crippen LogP contribution in [0.15, 0.2) is 17.5 Å². The van der Waals surface area contributed by atoms with E-state index < -0.39 is 12.1 Å². The lowest BCUT2D eigenvalue weighted by atomic mass is 9.99. The summed E-state index contributed by atoms with van der Waals surface area (Å²) in [6.07, 6.45) is -0.753. The van der Waals surface area contributed by atoms with Crippen molar-refractivity contribution in [3.05, 3.63) is 22.4 Å². The molecule has 5 nitrogen and oxygen atoms in total. The minimum Gasteiger partial charge on any atom is -0.475 e. The zero-order valence-corrected chi connectivity index (χ0v) is 15.4. The number of aliphatic carboxylic acids is 1. The van der Waals surface area contributed by atoms with E-state index in [9.17, 15) is 13.2 Å². The second-order valence-corrected chi connectivity index (χ2v) is 7.27. The first-order valence-electron chi connectivity index (χ1n) is 8.61. The van der Waals surface area contributed by atoms with Crippen LogP contribution in [0.2, 0.25) is 0 Å². The standard InChI is InChI=1S/C15H23NO2S.C2HF3O2/c1-2-17-11-12-5-6-14-15(18-12)7-8-16(14)10-13-4-3-9-19-13;3-2(4,5)1(6)7/h3-4,9,12,14-15H,2,5-8,10-11H2,1H3;(H,6,7)/t12-,14+,15+;/m1./s1. The Balaban J connectivity index is 0.000000298. The van der Waals surface area contributed by atoms with Crippen molar-refractivity contribution in [3.8, 4) is 0 Å². The molecule has 0 amide bonds. The molecule has 0 unspecified atom stereocenters. The van der Waals surface area contributed by atoms with E-state index in [1.807, 2.05) is 18.3 Å². The third kappa shape index (κ3) is 6.22. The topological polar surface area (TPSA) is 59.0 Å². The van der Waals surface area contributed by atoms with E-state index in [0.29, 0.717) is 18.2 Å². The van der Waals surface area contributed by atoms with Gasteiger partial charge in [0.2, 0.25) is 0 Å². The molecule has 0 spiro atoms. The van der Waals surface area contributed by atoms with Crippen molar-refractivity contribution >= 4 is 17.3 Å². The quantitative estimate of drug-likeness (QED) is 0.827. The highest BCUT2D eigenvalue weighted by Crippen LogP contribution is 2.33. The first-order valence-corrected chi connectivity index (χ1v) is 9.49. The summed E-state index contributed by atoms with van der Waals surface area (Å²) < 4.78 is 43.4. The van der Waals surface area contributed by atoms with Crippen LogP contribution in [0.3, 0.4) is 0 Å². The zero-order valence-electron chi connectivity index (χ0n) is 14.6. The number of alkyl halides is 3. The van der Waals surface area contributed by atoms with Gasteiger partial charge in [-0.2, -0.15) is 13.2 Å². The van der Waals surface area contributed by atoms with Gasteiger partial charge in [-0.05, 0) is 37.6 Å².